The smallest absolute Gasteiger partial charge is 0.0628 e. The summed E-state index contributed by atoms with van der Waals surface area (Å²) in [5.74, 6) is 0. The van der Waals surface area contributed by atoms with Crippen molar-refractivity contribution in [2.75, 3.05) is 11.6 Å². The Morgan fingerprint density at radius 2 is 2.42 bits per heavy atom. The molecule has 1 aromatic rings. The molecule has 1 aromatic heterocycles. The van der Waals surface area contributed by atoms with Gasteiger partial charge in [-0.1, -0.05) is 6.42 Å². The zero-order valence-corrected chi connectivity index (χ0v) is 7.90. The first-order chi connectivity index (χ1) is 5.79. The number of aryl methyl sites for hydroxylation is 1. The quantitative estimate of drug-likeness (QED) is 0.426. The molecule has 12 heavy (non-hydrogen) atoms. The molecule has 3 heteroatoms. The van der Waals surface area contributed by atoms with E-state index >= 15 is 0 Å². The maximum atomic E-state index is 5.14. The maximum Gasteiger partial charge on any atom is 0.0628 e. The van der Waals surface area contributed by atoms with Gasteiger partial charge in [0.1, 0.15) is 0 Å². The Kier molecular flexibility index (Phi) is 3.01. The lowest BCUT2D eigenvalue weighted by Crippen LogP contribution is -1.93. The largest absolute Gasteiger partial charge is 0.314 e. The Morgan fingerprint density at radius 3 is 3.00 bits per heavy atom. The van der Waals surface area contributed by atoms with Crippen LogP contribution in [0, 0.1) is 19.4 Å². The molecule has 0 bridgehead atoms. The molecule has 0 aromatic carbocycles. The van der Waals surface area contributed by atoms with Gasteiger partial charge in [0.05, 0.1) is 16.3 Å². The zero-order valence-electron chi connectivity index (χ0n) is 7.09. The van der Waals surface area contributed by atoms with E-state index in [9.17, 15) is 0 Å². The minimum absolute atomic E-state index is 0.956. The normalized spacial score (nSPS) is 9.08. The van der Waals surface area contributed by atoms with E-state index in [1.54, 1.807) is 18.0 Å². The fourth-order valence-corrected chi connectivity index (χ4v) is 1.67. The fourth-order valence-electron chi connectivity index (χ4n) is 0.987. The summed E-state index contributed by atoms with van der Waals surface area (Å²) in [5.41, 5.74) is 1.96. The SMILES string of the molecule is C#CNc1ccnc(C)c1SC. The van der Waals surface area contributed by atoms with Crippen molar-refractivity contribution >= 4 is 17.4 Å². The fraction of sp³-hybridized carbons (Fsp3) is 0.222. The number of hydrogen-bond donors (Lipinski definition) is 1. The molecule has 1 rings (SSSR count). The van der Waals surface area contributed by atoms with Gasteiger partial charge in [0.15, 0.2) is 0 Å². The van der Waals surface area contributed by atoms with Gasteiger partial charge in [-0.2, -0.15) is 0 Å². The van der Waals surface area contributed by atoms with E-state index in [1.807, 2.05) is 19.2 Å². The highest BCUT2D eigenvalue weighted by Crippen LogP contribution is 2.26. The molecule has 0 spiro atoms. The Balaban J connectivity index is 3.11. The molecule has 62 valence electrons. The first kappa shape index (κ1) is 8.95. The van der Waals surface area contributed by atoms with E-state index < -0.39 is 0 Å². The minimum Gasteiger partial charge on any atom is -0.314 e. The Hall–Kier alpha value is -1.14. The van der Waals surface area contributed by atoms with Crippen LogP contribution < -0.4 is 5.32 Å². The number of rotatable bonds is 2. The van der Waals surface area contributed by atoms with Crippen molar-refractivity contribution in [2.45, 2.75) is 11.8 Å². The van der Waals surface area contributed by atoms with Crippen molar-refractivity contribution in [2.24, 2.45) is 0 Å². The Labute approximate surface area is 76.8 Å². The van der Waals surface area contributed by atoms with Crippen LogP contribution >= 0.6 is 11.8 Å². The highest BCUT2D eigenvalue weighted by Gasteiger charge is 2.02. The summed E-state index contributed by atoms with van der Waals surface area (Å²) in [5, 5.41) is 2.83. The number of terminal acetylenes is 1. The lowest BCUT2D eigenvalue weighted by molar-refractivity contribution is 1.12. The molecule has 0 aliphatic carbocycles. The second kappa shape index (κ2) is 4.03. The lowest BCUT2D eigenvalue weighted by Gasteiger charge is -2.06. The average Bonchev–Trinajstić information content (AvgIpc) is 2.05. The molecule has 0 aliphatic rings. The summed E-state index contributed by atoms with van der Waals surface area (Å²) in [7, 11) is 0. The van der Waals surface area contributed by atoms with Gasteiger partial charge in [-0.25, -0.2) is 0 Å². The molecular formula is C9H10N2S. The Morgan fingerprint density at radius 1 is 1.67 bits per heavy atom. The molecule has 0 amide bonds. The molecule has 0 saturated heterocycles. The van der Waals surface area contributed by atoms with Crippen LogP contribution in [0.4, 0.5) is 5.69 Å². The van der Waals surface area contributed by atoms with Gasteiger partial charge in [0.25, 0.3) is 0 Å². The van der Waals surface area contributed by atoms with E-state index in [0.29, 0.717) is 0 Å². The summed E-state index contributed by atoms with van der Waals surface area (Å²) in [6.07, 6.45) is 8.89. The van der Waals surface area contributed by atoms with Crippen LogP contribution in [0.2, 0.25) is 0 Å². The number of pyridine rings is 1. The van der Waals surface area contributed by atoms with Crippen molar-refractivity contribution in [3.63, 3.8) is 0 Å². The van der Waals surface area contributed by atoms with Crippen molar-refractivity contribution < 1.29 is 0 Å². The second-order valence-corrected chi connectivity index (χ2v) is 3.06. The van der Waals surface area contributed by atoms with Crippen molar-refractivity contribution in [3.05, 3.63) is 18.0 Å². The van der Waals surface area contributed by atoms with Crippen LogP contribution in [0.3, 0.4) is 0 Å². The van der Waals surface area contributed by atoms with Crippen LogP contribution in [0.1, 0.15) is 5.69 Å². The predicted octanol–water partition coefficient (Wildman–Crippen LogP) is 2.11. The third-order valence-electron chi connectivity index (χ3n) is 1.49. The van der Waals surface area contributed by atoms with Gasteiger partial charge in [-0.3, -0.25) is 4.98 Å². The molecule has 2 nitrogen and oxygen atoms in total. The Bertz CT molecular complexity index is 315. The second-order valence-electron chi connectivity index (χ2n) is 2.25. The summed E-state index contributed by atoms with van der Waals surface area (Å²) in [4.78, 5) is 5.27. The van der Waals surface area contributed by atoms with E-state index in [2.05, 4.69) is 16.3 Å². The maximum absolute atomic E-state index is 5.14. The first-order valence-electron chi connectivity index (χ1n) is 3.50. The van der Waals surface area contributed by atoms with E-state index in [0.717, 1.165) is 16.3 Å². The molecule has 0 unspecified atom stereocenters. The van der Waals surface area contributed by atoms with Gasteiger partial charge in [0.2, 0.25) is 0 Å². The standard InChI is InChI=1S/C9H10N2S/c1-4-10-8-5-6-11-7(2)9(8)12-3/h1,5-6H,2-3H3,(H,10,11). The number of anilines is 1. The average molecular weight is 178 g/mol. The number of nitrogens with one attached hydrogen (secondary N) is 1. The van der Waals surface area contributed by atoms with Crippen LogP contribution in [0.5, 0.6) is 0 Å². The van der Waals surface area contributed by atoms with E-state index in [-0.39, 0.29) is 0 Å². The number of thioether (sulfide) groups is 1. The van der Waals surface area contributed by atoms with Crippen molar-refractivity contribution in [1.82, 2.24) is 4.98 Å². The number of nitrogens with zero attached hydrogens (tertiary/aromatic N) is 1. The monoisotopic (exact) mass is 178 g/mol. The molecule has 1 N–H and O–H groups in total. The van der Waals surface area contributed by atoms with Gasteiger partial charge in [-0.05, 0) is 19.2 Å². The van der Waals surface area contributed by atoms with Gasteiger partial charge in [-0.15, -0.1) is 11.8 Å². The van der Waals surface area contributed by atoms with Crippen molar-refractivity contribution in [3.8, 4) is 12.5 Å². The van der Waals surface area contributed by atoms with E-state index in [4.69, 9.17) is 6.42 Å². The first-order valence-corrected chi connectivity index (χ1v) is 4.73. The predicted molar refractivity (Wildman–Crippen MR) is 53.2 cm³/mol. The van der Waals surface area contributed by atoms with Gasteiger partial charge < -0.3 is 5.32 Å². The number of hydrogen-bond acceptors (Lipinski definition) is 3. The molecular weight excluding hydrogens is 168 g/mol. The van der Waals surface area contributed by atoms with Crippen LogP contribution in [0.15, 0.2) is 17.2 Å². The topological polar surface area (TPSA) is 24.9 Å². The van der Waals surface area contributed by atoms with Gasteiger partial charge in [0, 0.05) is 12.2 Å². The number of aromatic nitrogens is 1. The molecule has 0 atom stereocenters. The molecule has 0 radical (unpaired) electrons. The molecule has 0 aliphatic heterocycles. The van der Waals surface area contributed by atoms with Crippen molar-refractivity contribution in [1.29, 1.82) is 0 Å². The summed E-state index contributed by atoms with van der Waals surface area (Å²) in [6, 6.07) is 4.27. The van der Waals surface area contributed by atoms with Crippen LogP contribution in [-0.2, 0) is 0 Å². The highest BCUT2D eigenvalue weighted by molar-refractivity contribution is 7.98. The summed E-state index contributed by atoms with van der Waals surface area (Å²) in [6.45, 7) is 1.97. The third kappa shape index (κ3) is 1.72. The third-order valence-corrected chi connectivity index (χ3v) is 2.42. The molecule has 1 heterocycles. The summed E-state index contributed by atoms with van der Waals surface area (Å²) < 4.78 is 0. The van der Waals surface area contributed by atoms with Crippen LogP contribution in [-0.4, -0.2) is 11.2 Å². The molecule has 0 fully saturated rings. The van der Waals surface area contributed by atoms with Crippen LogP contribution in [0.25, 0.3) is 0 Å². The minimum atomic E-state index is 0.956. The molecule has 0 saturated carbocycles. The summed E-state index contributed by atoms with van der Waals surface area (Å²) >= 11 is 1.64. The van der Waals surface area contributed by atoms with Gasteiger partial charge >= 0.3 is 0 Å². The highest BCUT2D eigenvalue weighted by atomic mass is 32.2. The van der Waals surface area contributed by atoms with E-state index in [1.165, 1.54) is 0 Å². The lowest BCUT2D eigenvalue weighted by atomic mass is 10.3. The zero-order chi connectivity index (χ0) is 8.97.